The largest absolute Gasteiger partial charge is 0.497 e. The normalized spacial score (nSPS) is 12.0. The summed E-state index contributed by atoms with van der Waals surface area (Å²) in [4.78, 5) is 24.1. The predicted octanol–water partition coefficient (Wildman–Crippen LogP) is 4.18. The Bertz CT molecular complexity index is 750. The van der Waals surface area contributed by atoms with E-state index in [1.165, 1.54) is 13.0 Å². The maximum atomic E-state index is 12.2. The molecule has 0 spiro atoms. The lowest BCUT2D eigenvalue weighted by Gasteiger charge is -2.11. The van der Waals surface area contributed by atoms with Crippen molar-refractivity contribution in [2.75, 3.05) is 7.11 Å². The van der Waals surface area contributed by atoms with Gasteiger partial charge in [-0.05, 0) is 55.0 Å². The first-order chi connectivity index (χ1) is 11.5. The van der Waals surface area contributed by atoms with Gasteiger partial charge >= 0.3 is 5.97 Å². The molecule has 4 nitrogen and oxygen atoms in total. The lowest BCUT2D eigenvalue weighted by Crippen LogP contribution is -2.23. The molecule has 0 amide bonds. The molecule has 0 aliphatic carbocycles. The summed E-state index contributed by atoms with van der Waals surface area (Å²) in [5.74, 6) is -0.216. The molecule has 124 valence electrons. The molecule has 0 unspecified atom stereocenters. The van der Waals surface area contributed by atoms with Gasteiger partial charge < -0.3 is 9.47 Å². The van der Waals surface area contributed by atoms with Crippen LogP contribution in [-0.4, -0.2) is 25.0 Å². The highest BCUT2D eigenvalue weighted by Gasteiger charge is 2.18. The minimum Gasteiger partial charge on any atom is -0.497 e. The van der Waals surface area contributed by atoms with Crippen LogP contribution < -0.4 is 4.74 Å². The van der Waals surface area contributed by atoms with Crippen molar-refractivity contribution in [2.24, 2.45) is 0 Å². The van der Waals surface area contributed by atoms with Gasteiger partial charge in [0.15, 0.2) is 6.10 Å². The number of esters is 1. The lowest BCUT2D eigenvalue weighted by atomic mass is 10.1. The topological polar surface area (TPSA) is 52.6 Å². The van der Waals surface area contributed by atoms with Gasteiger partial charge in [0.2, 0.25) is 5.78 Å². The van der Waals surface area contributed by atoms with Crippen molar-refractivity contribution in [3.8, 4) is 5.75 Å². The number of benzene rings is 2. The Balaban J connectivity index is 1.96. The number of methoxy groups -OCH3 is 1. The van der Waals surface area contributed by atoms with Crippen molar-refractivity contribution in [3.63, 3.8) is 0 Å². The Morgan fingerprint density at radius 1 is 1.12 bits per heavy atom. The zero-order valence-electron chi connectivity index (χ0n) is 13.4. The highest BCUT2D eigenvalue weighted by Crippen LogP contribution is 2.14. The number of hydrogen-bond acceptors (Lipinski definition) is 4. The smallest absolute Gasteiger partial charge is 0.331 e. The quantitative estimate of drug-likeness (QED) is 0.448. The number of hydrogen-bond donors (Lipinski definition) is 0. The van der Waals surface area contributed by atoms with E-state index < -0.39 is 12.1 Å². The summed E-state index contributed by atoms with van der Waals surface area (Å²) in [6.45, 7) is 1.54. The van der Waals surface area contributed by atoms with E-state index in [9.17, 15) is 9.59 Å². The van der Waals surface area contributed by atoms with Crippen LogP contribution in [0, 0.1) is 0 Å². The van der Waals surface area contributed by atoms with Crippen molar-refractivity contribution < 1.29 is 19.1 Å². The summed E-state index contributed by atoms with van der Waals surface area (Å²) in [6.07, 6.45) is 1.97. The third-order valence-corrected chi connectivity index (χ3v) is 3.53. The third-order valence-electron chi connectivity index (χ3n) is 3.30. The second kappa shape index (κ2) is 8.31. The molecular weight excluding hydrogens is 328 g/mol. The van der Waals surface area contributed by atoms with Gasteiger partial charge in [-0.1, -0.05) is 23.7 Å². The Morgan fingerprint density at radius 3 is 2.46 bits per heavy atom. The summed E-state index contributed by atoms with van der Waals surface area (Å²) in [7, 11) is 1.55. The molecule has 0 saturated heterocycles. The Labute approximate surface area is 145 Å². The van der Waals surface area contributed by atoms with E-state index in [0.717, 1.165) is 5.56 Å². The first-order valence-corrected chi connectivity index (χ1v) is 7.70. The number of ketones is 1. The number of Topliss-reactive ketones (excluding diaryl/α,β-unsaturated/α-hetero) is 1. The predicted molar refractivity (Wildman–Crippen MR) is 93.4 cm³/mol. The maximum Gasteiger partial charge on any atom is 0.331 e. The number of halogens is 1. The summed E-state index contributed by atoms with van der Waals surface area (Å²) in [6, 6.07) is 13.7. The molecule has 2 aromatic rings. The summed E-state index contributed by atoms with van der Waals surface area (Å²) < 4.78 is 10.2. The molecule has 5 heteroatoms. The number of carbonyl (C=O) groups is 2. The number of carbonyl (C=O) groups excluding carboxylic acids is 2. The van der Waals surface area contributed by atoms with Crippen LogP contribution in [0.15, 0.2) is 54.6 Å². The molecule has 0 bridgehead atoms. The van der Waals surface area contributed by atoms with Crippen LogP contribution in [0.4, 0.5) is 0 Å². The van der Waals surface area contributed by atoms with Crippen molar-refractivity contribution in [3.05, 3.63) is 70.8 Å². The molecule has 0 heterocycles. The van der Waals surface area contributed by atoms with E-state index >= 15 is 0 Å². The zero-order chi connectivity index (χ0) is 17.5. The molecule has 0 N–H and O–H groups in total. The van der Waals surface area contributed by atoms with E-state index in [4.69, 9.17) is 21.1 Å². The van der Waals surface area contributed by atoms with E-state index in [1.54, 1.807) is 55.7 Å². The second-order valence-electron chi connectivity index (χ2n) is 5.06. The molecule has 0 aliphatic rings. The summed E-state index contributed by atoms with van der Waals surface area (Å²) >= 11 is 5.87. The van der Waals surface area contributed by atoms with Gasteiger partial charge in [-0.15, -0.1) is 0 Å². The Morgan fingerprint density at radius 2 is 1.83 bits per heavy atom. The zero-order valence-corrected chi connectivity index (χ0v) is 14.1. The van der Waals surface area contributed by atoms with Crippen LogP contribution in [0.5, 0.6) is 5.75 Å². The van der Waals surface area contributed by atoms with E-state index in [-0.39, 0.29) is 5.78 Å². The molecule has 0 aromatic heterocycles. The molecular formula is C19H17ClO4. The monoisotopic (exact) mass is 344 g/mol. The Hall–Kier alpha value is -2.59. The molecule has 0 radical (unpaired) electrons. The van der Waals surface area contributed by atoms with Crippen LogP contribution in [0.2, 0.25) is 5.02 Å². The van der Waals surface area contributed by atoms with Gasteiger partial charge in [-0.25, -0.2) is 4.79 Å². The first kappa shape index (κ1) is 17.8. The standard InChI is InChI=1S/C19H17ClO4/c1-13(19(22)15-7-9-17(23-2)10-8-15)24-18(21)11-6-14-4-3-5-16(20)12-14/h3-13H,1-2H3/b11-6+/t13-/m1/s1. The minimum absolute atomic E-state index is 0.276. The average Bonchev–Trinajstić information content (AvgIpc) is 2.59. The highest BCUT2D eigenvalue weighted by molar-refractivity contribution is 6.30. The van der Waals surface area contributed by atoms with Gasteiger partial charge in [-0.2, -0.15) is 0 Å². The fourth-order valence-electron chi connectivity index (χ4n) is 2.03. The van der Waals surface area contributed by atoms with Crippen LogP contribution in [0.25, 0.3) is 6.08 Å². The van der Waals surface area contributed by atoms with E-state index in [2.05, 4.69) is 0 Å². The average molecular weight is 345 g/mol. The molecule has 2 aromatic carbocycles. The van der Waals surface area contributed by atoms with E-state index in [1.807, 2.05) is 6.07 Å². The van der Waals surface area contributed by atoms with Gasteiger partial charge in [0.05, 0.1) is 7.11 Å². The summed E-state index contributed by atoms with van der Waals surface area (Å²) in [5.41, 5.74) is 1.23. The van der Waals surface area contributed by atoms with Crippen LogP contribution in [0.3, 0.4) is 0 Å². The SMILES string of the molecule is COc1ccc(C(=O)[C@@H](C)OC(=O)/C=C/c2cccc(Cl)c2)cc1. The first-order valence-electron chi connectivity index (χ1n) is 7.32. The van der Waals surface area contributed by atoms with Crippen LogP contribution in [-0.2, 0) is 9.53 Å². The maximum absolute atomic E-state index is 12.2. The molecule has 0 aliphatic heterocycles. The minimum atomic E-state index is -0.880. The van der Waals surface area contributed by atoms with Crippen molar-refractivity contribution >= 4 is 29.4 Å². The van der Waals surface area contributed by atoms with Crippen molar-refractivity contribution in [1.82, 2.24) is 0 Å². The number of ether oxygens (including phenoxy) is 2. The molecule has 24 heavy (non-hydrogen) atoms. The fraction of sp³-hybridized carbons (Fsp3) is 0.158. The highest BCUT2D eigenvalue weighted by atomic mass is 35.5. The van der Waals surface area contributed by atoms with Gasteiger partial charge in [0.25, 0.3) is 0 Å². The van der Waals surface area contributed by atoms with Crippen molar-refractivity contribution in [2.45, 2.75) is 13.0 Å². The third kappa shape index (κ3) is 4.96. The molecule has 1 atom stereocenters. The van der Waals surface area contributed by atoms with Gasteiger partial charge in [0, 0.05) is 16.7 Å². The fourth-order valence-corrected chi connectivity index (χ4v) is 2.23. The Kier molecular flexibility index (Phi) is 6.15. The molecule has 2 rings (SSSR count). The van der Waals surface area contributed by atoms with Crippen LogP contribution >= 0.6 is 11.6 Å². The van der Waals surface area contributed by atoms with Gasteiger partial charge in [-0.3, -0.25) is 4.79 Å². The van der Waals surface area contributed by atoms with Crippen molar-refractivity contribution in [1.29, 1.82) is 0 Å². The van der Waals surface area contributed by atoms with E-state index in [0.29, 0.717) is 16.3 Å². The molecule has 0 fully saturated rings. The molecule has 0 saturated carbocycles. The second-order valence-corrected chi connectivity index (χ2v) is 5.50. The number of rotatable bonds is 6. The summed E-state index contributed by atoms with van der Waals surface area (Å²) in [5, 5.41) is 0.577. The lowest BCUT2D eigenvalue weighted by molar-refractivity contribution is -0.140. The van der Waals surface area contributed by atoms with Gasteiger partial charge in [0.1, 0.15) is 5.75 Å². The van der Waals surface area contributed by atoms with Crippen LogP contribution in [0.1, 0.15) is 22.8 Å².